The molecule has 1 amide bonds. The van der Waals surface area contributed by atoms with Crippen molar-refractivity contribution in [3.8, 4) is 0 Å². The van der Waals surface area contributed by atoms with Crippen LogP contribution < -0.4 is 5.73 Å². The van der Waals surface area contributed by atoms with Crippen molar-refractivity contribution in [2.45, 2.75) is 12.8 Å². The van der Waals surface area contributed by atoms with Crippen molar-refractivity contribution in [3.05, 3.63) is 18.0 Å². The van der Waals surface area contributed by atoms with E-state index in [4.69, 9.17) is 5.73 Å². The lowest BCUT2D eigenvalue weighted by Crippen LogP contribution is -2.35. The smallest absolute Gasteiger partial charge is 0.270 e. The van der Waals surface area contributed by atoms with Crippen LogP contribution in [0, 0.1) is 0 Å². The highest BCUT2D eigenvalue weighted by Crippen LogP contribution is 2.09. The molecule has 0 bridgehead atoms. The van der Waals surface area contributed by atoms with E-state index in [1.807, 2.05) is 33.1 Å². The van der Waals surface area contributed by atoms with Gasteiger partial charge < -0.3 is 25.4 Å². The summed E-state index contributed by atoms with van der Waals surface area (Å²) < 4.78 is 0. The van der Waals surface area contributed by atoms with Crippen molar-refractivity contribution in [2.75, 3.05) is 60.1 Å². The third-order valence-corrected chi connectivity index (χ3v) is 3.29. The van der Waals surface area contributed by atoms with Gasteiger partial charge in [0.15, 0.2) is 0 Å². The van der Waals surface area contributed by atoms with Crippen LogP contribution in [0.1, 0.15) is 23.3 Å². The van der Waals surface area contributed by atoms with Crippen LogP contribution >= 0.6 is 0 Å². The fourth-order valence-electron chi connectivity index (χ4n) is 2.18. The minimum absolute atomic E-state index is 0.0317. The van der Waals surface area contributed by atoms with Gasteiger partial charge in [0.25, 0.3) is 5.91 Å². The van der Waals surface area contributed by atoms with Gasteiger partial charge in [-0.2, -0.15) is 0 Å². The summed E-state index contributed by atoms with van der Waals surface area (Å²) in [6.07, 6.45) is 3.60. The van der Waals surface area contributed by atoms with Gasteiger partial charge in [0.05, 0.1) is 0 Å². The van der Waals surface area contributed by atoms with Crippen molar-refractivity contribution in [1.82, 2.24) is 19.7 Å². The molecule has 0 radical (unpaired) electrons. The Bertz CT molecular complexity index is 413. The number of nitrogens with one attached hydrogen (secondary N) is 1. The highest BCUT2D eigenvalue weighted by atomic mass is 16.2. The Morgan fingerprint density at radius 2 is 1.57 bits per heavy atom. The molecule has 0 atom stereocenters. The molecule has 0 saturated carbocycles. The van der Waals surface area contributed by atoms with Crippen molar-refractivity contribution < 1.29 is 4.79 Å². The van der Waals surface area contributed by atoms with E-state index >= 15 is 0 Å². The number of rotatable bonds is 9. The van der Waals surface area contributed by atoms with Crippen LogP contribution in [0.25, 0.3) is 0 Å². The third-order valence-electron chi connectivity index (χ3n) is 3.29. The molecule has 1 rings (SSSR count). The number of carbonyl (C=O) groups excluding carboxylic acids is 1. The fourth-order valence-corrected chi connectivity index (χ4v) is 2.18. The summed E-state index contributed by atoms with van der Waals surface area (Å²) >= 11 is 0. The molecule has 0 aliphatic carbocycles. The van der Waals surface area contributed by atoms with E-state index in [9.17, 15) is 4.79 Å². The number of carbonyl (C=O) groups is 1. The predicted octanol–water partition coefficient (Wildman–Crippen LogP) is 0.943. The van der Waals surface area contributed by atoms with Gasteiger partial charge in [-0.15, -0.1) is 0 Å². The average Bonchev–Trinajstić information content (AvgIpc) is 2.82. The molecule has 0 saturated heterocycles. The van der Waals surface area contributed by atoms with E-state index in [-0.39, 0.29) is 5.91 Å². The standard InChI is InChI=1S/C15H29N5O/c1-18(2)7-5-9-20(10-6-8-19(3)4)15(21)14-11-13(16)12-17-14/h11-12,17H,5-10,16H2,1-4H3. The number of aromatic amines is 1. The molecule has 3 N–H and O–H groups in total. The van der Waals surface area contributed by atoms with Gasteiger partial charge in [-0.05, 0) is 60.2 Å². The fraction of sp³-hybridized carbons (Fsp3) is 0.667. The summed E-state index contributed by atoms with van der Waals surface area (Å²) in [5, 5.41) is 0. The Kier molecular flexibility index (Phi) is 7.25. The zero-order chi connectivity index (χ0) is 15.8. The molecular formula is C15H29N5O. The number of nitrogen functional groups attached to an aromatic ring is 1. The molecule has 0 fully saturated rings. The highest BCUT2D eigenvalue weighted by molar-refractivity contribution is 5.93. The SMILES string of the molecule is CN(C)CCCN(CCCN(C)C)C(=O)c1cc(N)c[nH]1. The van der Waals surface area contributed by atoms with Crippen LogP contribution in [0.15, 0.2) is 12.3 Å². The lowest BCUT2D eigenvalue weighted by molar-refractivity contribution is 0.0739. The van der Waals surface area contributed by atoms with E-state index in [1.165, 1.54) is 0 Å². The number of nitrogens with zero attached hydrogens (tertiary/aromatic N) is 3. The maximum atomic E-state index is 12.5. The first-order valence-electron chi connectivity index (χ1n) is 7.42. The van der Waals surface area contributed by atoms with Crippen LogP contribution in [0.2, 0.25) is 0 Å². The van der Waals surface area contributed by atoms with E-state index in [1.54, 1.807) is 12.3 Å². The molecule has 6 heteroatoms. The Balaban J connectivity index is 2.59. The molecule has 0 aliphatic heterocycles. The highest BCUT2D eigenvalue weighted by Gasteiger charge is 2.16. The number of anilines is 1. The number of hydrogen-bond donors (Lipinski definition) is 2. The molecular weight excluding hydrogens is 266 g/mol. The Hall–Kier alpha value is -1.53. The van der Waals surface area contributed by atoms with Crippen LogP contribution in [-0.2, 0) is 0 Å². The van der Waals surface area contributed by atoms with Gasteiger partial charge >= 0.3 is 0 Å². The maximum Gasteiger partial charge on any atom is 0.270 e. The molecule has 0 unspecified atom stereocenters. The van der Waals surface area contributed by atoms with Crippen LogP contribution in [0.4, 0.5) is 5.69 Å². The molecule has 0 aliphatic rings. The Morgan fingerprint density at radius 1 is 1.05 bits per heavy atom. The predicted molar refractivity (Wildman–Crippen MR) is 87.5 cm³/mol. The van der Waals surface area contributed by atoms with Gasteiger partial charge in [0.2, 0.25) is 0 Å². The topological polar surface area (TPSA) is 68.6 Å². The molecule has 120 valence electrons. The minimum atomic E-state index is 0.0317. The zero-order valence-corrected chi connectivity index (χ0v) is 13.7. The van der Waals surface area contributed by atoms with Gasteiger partial charge in [-0.1, -0.05) is 0 Å². The minimum Gasteiger partial charge on any atom is -0.397 e. The van der Waals surface area contributed by atoms with E-state index in [0.717, 1.165) is 39.0 Å². The monoisotopic (exact) mass is 295 g/mol. The van der Waals surface area contributed by atoms with Crippen molar-refractivity contribution in [3.63, 3.8) is 0 Å². The lowest BCUT2D eigenvalue weighted by atomic mass is 10.2. The lowest BCUT2D eigenvalue weighted by Gasteiger charge is -2.24. The molecule has 1 heterocycles. The summed E-state index contributed by atoms with van der Waals surface area (Å²) in [7, 11) is 8.18. The van der Waals surface area contributed by atoms with Gasteiger partial charge in [-0.3, -0.25) is 4.79 Å². The number of aromatic nitrogens is 1. The molecule has 1 aromatic rings. The zero-order valence-electron chi connectivity index (χ0n) is 13.7. The van der Waals surface area contributed by atoms with E-state index < -0.39 is 0 Å². The van der Waals surface area contributed by atoms with E-state index in [0.29, 0.717) is 11.4 Å². The molecule has 6 nitrogen and oxygen atoms in total. The van der Waals surface area contributed by atoms with Crippen LogP contribution in [0.5, 0.6) is 0 Å². The third kappa shape index (κ3) is 6.64. The summed E-state index contributed by atoms with van der Waals surface area (Å²) in [6, 6.07) is 1.70. The number of nitrogens with two attached hydrogens (primary N) is 1. The second-order valence-electron chi connectivity index (χ2n) is 5.95. The first-order chi connectivity index (χ1) is 9.90. The van der Waals surface area contributed by atoms with Gasteiger partial charge in [-0.25, -0.2) is 0 Å². The number of hydrogen-bond acceptors (Lipinski definition) is 4. The molecule has 0 spiro atoms. The Labute approximate surface area is 127 Å². The first-order valence-corrected chi connectivity index (χ1v) is 7.42. The largest absolute Gasteiger partial charge is 0.397 e. The number of amides is 1. The van der Waals surface area contributed by atoms with Gasteiger partial charge in [0, 0.05) is 25.0 Å². The quantitative estimate of drug-likeness (QED) is 0.711. The Morgan fingerprint density at radius 3 is 1.95 bits per heavy atom. The van der Waals surface area contributed by atoms with E-state index in [2.05, 4.69) is 14.8 Å². The second-order valence-corrected chi connectivity index (χ2v) is 5.95. The average molecular weight is 295 g/mol. The second kappa shape index (κ2) is 8.69. The molecule has 1 aromatic heterocycles. The maximum absolute atomic E-state index is 12.5. The summed E-state index contributed by atoms with van der Waals surface area (Å²) in [5.41, 5.74) is 6.85. The van der Waals surface area contributed by atoms with Crippen LogP contribution in [-0.4, -0.2) is 80.0 Å². The van der Waals surface area contributed by atoms with Gasteiger partial charge in [0.1, 0.15) is 5.69 Å². The number of H-pyrrole nitrogens is 1. The summed E-state index contributed by atoms with van der Waals surface area (Å²) in [5.74, 6) is 0.0317. The van der Waals surface area contributed by atoms with Crippen molar-refractivity contribution in [1.29, 1.82) is 0 Å². The van der Waals surface area contributed by atoms with Crippen molar-refractivity contribution in [2.24, 2.45) is 0 Å². The molecule has 0 aromatic carbocycles. The summed E-state index contributed by atoms with van der Waals surface area (Å²) in [6.45, 7) is 3.49. The first kappa shape index (κ1) is 17.5. The molecule has 21 heavy (non-hydrogen) atoms. The van der Waals surface area contributed by atoms with Crippen LogP contribution in [0.3, 0.4) is 0 Å². The summed E-state index contributed by atoms with van der Waals surface area (Å²) in [4.78, 5) is 21.7. The normalized spacial score (nSPS) is 11.3. The van der Waals surface area contributed by atoms with Crippen molar-refractivity contribution >= 4 is 11.6 Å².